The van der Waals surface area contributed by atoms with Gasteiger partial charge in [0.05, 0.1) is 0 Å². The van der Waals surface area contributed by atoms with E-state index in [1.54, 1.807) is 4.80 Å². The van der Waals surface area contributed by atoms with E-state index >= 15 is 0 Å². The van der Waals surface area contributed by atoms with Gasteiger partial charge >= 0.3 is 0 Å². The molecule has 0 bridgehead atoms. The molecule has 4 heteroatoms. The van der Waals surface area contributed by atoms with Crippen molar-refractivity contribution < 1.29 is 5.11 Å². The second kappa shape index (κ2) is 8.09. The van der Waals surface area contributed by atoms with Gasteiger partial charge < -0.3 is 5.11 Å². The summed E-state index contributed by atoms with van der Waals surface area (Å²) in [7, 11) is 0. The Kier molecular flexibility index (Phi) is 5.58. The molecule has 4 aromatic rings. The summed E-state index contributed by atoms with van der Waals surface area (Å²) in [6.45, 7) is 13.2. The first kappa shape index (κ1) is 22.1. The largest absolute Gasteiger partial charge is 0.505 e. The standard InChI is InChI=1S/C28H33N3O/c1-7-27(3,4)20-17-22(28(5,6)8-2)26(32)24(18-20)31-29-23-16-12-15-21(25(23)30-31)19-13-10-9-11-14-19/h9-18,32H,7-8H2,1-6H3. The Labute approximate surface area is 190 Å². The lowest BCUT2D eigenvalue weighted by atomic mass is 9.76. The molecule has 0 aliphatic heterocycles. The van der Waals surface area contributed by atoms with E-state index in [-0.39, 0.29) is 16.6 Å². The van der Waals surface area contributed by atoms with Crippen molar-refractivity contribution in [3.63, 3.8) is 0 Å². The number of nitrogens with zero attached hydrogens (tertiary/aromatic N) is 3. The molecular weight excluding hydrogens is 394 g/mol. The highest BCUT2D eigenvalue weighted by atomic mass is 16.3. The number of benzene rings is 3. The zero-order valence-electron chi connectivity index (χ0n) is 20.0. The van der Waals surface area contributed by atoms with Gasteiger partial charge in [-0.2, -0.15) is 0 Å². The van der Waals surface area contributed by atoms with Crippen molar-refractivity contribution in [2.24, 2.45) is 0 Å². The summed E-state index contributed by atoms with van der Waals surface area (Å²) >= 11 is 0. The second-order valence-electron chi connectivity index (χ2n) is 9.90. The van der Waals surface area contributed by atoms with E-state index in [0.29, 0.717) is 5.69 Å². The van der Waals surface area contributed by atoms with Crippen LogP contribution in [0, 0.1) is 0 Å². The van der Waals surface area contributed by atoms with Gasteiger partial charge in [0.25, 0.3) is 0 Å². The number of phenols is 1. The van der Waals surface area contributed by atoms with E-state index in [0.717, 1.165) is 40.6 Å². The van der Waals surface area contributed by atoms with Crippen molar-refractivity contribution in [2.45, 2.75) is 65.2 Å². The van der Waals surface area contributed by atoms with Crippen LogP contribution in [-0.2, 0) is 10.8 Å². The highest BCUT2D eigenvalue weighted by Crippen LogP contribution is 2.41. The van der Waals surface area contributed by atoms with Crippen molar-refractivity contribution in [1.82, 2.24) is 15.0 Å². The molecule has 1 heterocycles. The molecule has 0 saturated heterocycles. The third kappa shape index (κ3) is 3.79. The Balaban J connectivity index is 1.97. The van der Waals surface area contributed by atoms with Crippen LogP contribution in [0.1, 0.15) is 65.5 Å². The molecule has 0 spiro atoms. The highest BCUT2D eigenvalue weighted by Gasteiger charge is 2.29. The van der Waals surface area contributed by atoms with Gasteiger partial charge in [-0.3, -0.25) is 0 Å². The van der Waals surface area contributed by atoms with E-state index in [4.69, 9.17) is 10.2 Å². The molecule has 32 heavy (non-hydrogen) atoms. The molecule has 0 fully saturated rings. The maximum Gasteiger partial charge on any atom is 0.146 e. The van der Waals surface area contributed by atoms with Crippen LogP contribution in [0.25, 0.3) is 27.8 Å². The number of aromatic nitrogens is 3. The quantitative estimate of drug-likeness (QED) is 0.355. The predicted octanol–water partition coefficient (Wildman–Crippen LogP) is 7.17. The van der Waals surface area contributed by atoms with Gasteiger partial charge in [0, 0.05) is 11.1 Å². The zero-order chi connectivity index (χ0) is 23.1. The number of hydrogen-bond acceptors (Lipinski definition) is 3. The minimum absolute atomic E-state index is 0.0250. The summed E-state index contributed by atoms with van der Waals surface area (Å²) in [5.41, 5.74) is 6.35. The van der Waals surface area contributed by atoms with Crippen molar-refractivity contribution in [2.75, 3.05) is 0 Å². The van der Waals surface area contributed by atoms with E-state index in [2.05, 4.69) is 71.9 Å². The van der Waals surface area contributed by atoms with Gasteiger partial charge in [-0.1, -0.05) is 90.1 Å². The van der Waals surface area contributed by atoms with Crippen LogP contribution < -0.4 is 0 Å². The first-order valence-corrected chi connectivity index (χ1v) is 11.5. The fraction of sp³-hybridized carbons (Fsp3) is 0.357. The molecule has 0 saturated carbocycles. The van der Waals surface area contributed by atoms with Crippen LogP contribution in [0.5, 0.6) is 5.75 Å². The minimum Gasteiger partial charge on any atom is -0.505 e. The Bertz CT molecular complexity index is 1250. The molecular formula is C28H33N3O. The second-order valence-corrected chi connectivity index (χ2v) is 9.90. The van der Waals surface area contributed by atoms with Crippen molar-refractivity contribution >= 4 is 11.0 Å². The number of fused-ring (bicyclic) bond motifs is 1. The van der Waals surface area contributed by atoms with E-state index in [9.17, 15) is 5.11 Å². The summed E-state index contributed by atoms with van der Waals surface area (Å²) in [5.74, 6) is 0.258. The first-order chi connectivity index (χ1) is 15.2. The monoisotopic (exact) mass is 427 g/mol. The normalized spacial score (nSPS) is 12.4. The van der Waals surface area contributed by atoms with Gasteiger partial charge in [-0.05, 0) is 46.9 Å². The van der Waals surface area contributed by atoms with Crippen molar-refractivity contribution in [3.05, 3.63) is 71.8 Å². The summed E-state index contributed by atoms with van der Waals surface area (Å²) in [6, 6.07) is 20.5. The molecule has 0 radical (unpaired) electrons. The molecule has 166 valence electrons. The Morgan fingerprint density at radius 3 is 2.16 bits per heavy atom. The Morgan fingerprint density at radius 2 is 1.50 bits per heavy atom. The maximum atomic E-state index is 11.4. The predicted molar refractivity (Wildman–Crippen MR) is 133 cm³/mol. The molecule has 3 aromatic carbocycles. The summed E-state index contributed by atoms with van der Waals surface area (Å²) in [4.78, 5) is 1.61. The lowest BCUT2D eigenvalue weighted by Gasteiger charge is -2.30. The van der Waals surface area contributed by atoms with Crippen LogP contribution in [0.3, 0.4) is 0 Å². The fourth-order valence-electron chi connectivity index (χ4n) is 3.97. The van der Waals surface area contributed by atoms with Gasteiger partial charge in [-0.25, -0.2) is 0 Å². The van der Waals surface area contributed by atoms with Crippen LogP contribution >= 0.6 is 0 Å². The number of phenolic OH excluding ortho intramolecular Hbond substituents is 1. The number of rotatable bonds is 6. The van der Waals surface area contributed by atoms with Crippen molar-refractivity contribution in [1.29, 1.82) is 0 Å². The van der Waals surface area contributed by atoms with Crippen LogP contribution in [0.2, 0.25) is 0 Å². The molecule has 1 aromatic heterocycles. The molecule has 1 N–H and O–H groups in total. The maximum absolute atomic E-state index is 11.4. The number of hydrogen-bond donors (Lipinski definition) is 1. The minimum atomic E-state index is -0.166. The molecule has 0 aliphatic carbocycles. The first-order valence-electron chi connectivity index (χ1n) is 11.5. The van der Waals surface area contributed by atoms with E-state index in [1.165, 1.54) is 5.56 Å². The SMILES string of the molecule is CCC(C)(C)c1cc(-n2nc3cccc(-c4ccccc4)c3n2)c(O)c(C(C)(C)CC)c1. The number of aromatic hydroxyl groups is 1. The highest BCUT2D eigenvalue weighted by molar-refractivity contribution is 5.91. The fourth-order valence-corrected chi connectivity index (χ4v) is 3.97. The summed E-state index contributed by atoms with van der Waals surface area (Å²) in [6.07, 6.45) is 1.92. The van der Waals surface area contributed by atoms with Crippen LogP contribution in [0.15, 0.2) is 60.7 Å². The van der Waals surface area contributed by atoms with Gasteiger partial charge in [0.15, 0.2) is 0 Å². The average Bonchev–Trinajstić information content (AvgIpc) is 3.23. The molecule has 0 amide bonds. The third-order valence-corrected chi connectivity index (χ3v) is 7.08. The topological polar surface area (TPSA) is 50.9 Å². The van der Waals surface area contributed by atoms with Gasteiger partial charge in [-0.15, -0.1) is 15.0 Å². The van der Waals surface area contributed by atoms with Crippen LogP contribution in [0.4, 0.5) is 0 Å². The van der Waals surface area contributed by atoms with E-state index in [1.807, 2.05) is 30.3 Å². The average molecular weight is 428 g/mol. The molecule has 0 atom stereocenters. The van der Waals surface area contributed by atoms with Crippen molar-refractivity contribution in [3.8, 4) is 22.6 Å². The third-order valence-electron chi connectivity index (χ3n) is 7.08. The van der Waals surface area contributed by atoms with Gasteiger partial charge in [0.2, 0.25) is 0 Å². The van der Waals surface area contributed by atoms with Gasteiger partial charge in [0.1, 0.15) is 22.5 Å². The smallest absolute Gasteiger partial charge is 0.146 e. The summed E-state index contributed by atoms with van der Waals surface area (Å²) in [5, 5.41) is 21.0. The molecule has 0 unspecified atom stereocenters. The Hall–Kier alpha value is -3.14. The zero-order valence-corrected chi connectivity index (χ0v) is 20.0. The molecule has 0 aliphatic rings. The Morgan fingerprint density at radius 1 is 0.812 bits per heavy atom. The molecule has 4 nitrogen and oxygen atoms in total. The van der Waals surface area contributed by atoms with E-state index < -0.39 is 0 Å². The lowest BCUT2D eigenvalue weighted by Crippen LogP contribution is -2.21. The van der Waals surface area contributed by atoms with Crippen LogP contribution in [-0.4, -0.2) is 20.1 Å². The summed E-state index contributed by atoms with van der Waals surface area (Å²) < 4.78 is 0. The molecule has 4 rings (SSSR count). The lowest BCUT2D eigenvalue weighted by molar-refractivity contribution is 0.420.